The Balaban J connectivity index is 1.66. The molecular weight excluding hydrogens is 386 g/mol. The predicted molar refractivity (Wildman–Crippen MR) is 114 cm³/mol. The molecule has 1 heterocycles. The summed E-state index contributed by atoms with van der Waals surface area (Å²) >= 11 is 1.24. The van der Waals surface area contributed by atoms with E-state index in [0.29, 0.717) is 33.5 Å². The molecule has 7 heteroatoms. The fourth-order valence-electron chi connectivity index (χ4n) is 2.47. The molecule has 2 aromatic carbocycles. The van der Waals surface area contributed by atoms with Crippen molar-refractivity contribution in [3.63, 3.8) is 0 Å². The molecule has 1 N–H and O–H groups in total. The van der Waals surface area contributed by atoms with Crippen molar-refractivity contribution in [2.24, 2.45) is 4.99 Å². The van der Waals surface area contributed by atoms with E-state index < -0.39 is 0 Å². The van der Waals surface area contributed by atoms with Gasteiger partial charge in [-0.2, -0.15) is 5.26 Å². The SMILES string of the molecule is CCCCOC(=O)c1ccc(N=C2NC(=O)/C(=C/c3ccc(C#N)cc3)S2)cc1. The number of nitrogens with zero attached hydrogens (tertiary/aromatic N) is 2. The number of esters is 1. The second kappa shape index (κ2) is 9.71. The highest BCUT2D eigenvalue weighted by Crippen LogP contribution is 2.28. The van der Waals surface area contributed by atoms with Gasteiger partial charge in [0.15, 0.2) is 5.17 Å². The highest BCUT2D eigenvalue weighted by atomic mass is 32.2. The number of unbranched alkanes of at least 4 members (excludes halogenated alkanes) is 1. The molecule has 0 atom stereocenters. The molecule has 1 aliphatic rings. The van der Waals surface area contributed by atoms with Crippen molar-refractivity contribution < 1.29 is 14.3 Å². The lowest BCUT2D eigenvalue weighted by Crippen LogP contribution is -2.19. The van der Waals surface area contributed by atoms with Crippen LogP contribution in [-0.4, -0.2) is 23.7 Å². The minimum atomic E-state index is -0.353. The maximum atomic E-state index is 12.2. The van der Waals surface area contributed by atoms with Crippen LogP contribution in [0.15, 0.2) is 58.4 Å². The molecule has 2 aromatic rings. The van der Waals surface area contributed by atoms with Crippen LogP contribution in [0.2, 0.25) is 0 Å². The molecule has 0 radical (unpaired) electrons. The molecule has 0 spiro atoms. The third-order valence-corrected chi connectivity index (χ3v) is 4.96. The standard InChI is InChI=1S/C22H19N3O3S/c1-2-3-12-28-21(27)17-8-10-18(11-9-17)24-22-25-20(26)19(29-22)13-15-4-6-16(14-23)7-5-15/h4-11,13H,2-3,12H2,1H3,(H,24,25,26)/b19-13-. The zero-order valence-corrected chi connectivity index (χ0v) is 16.7. The molecule has 1 saturated heterocycles. The maximum absolute atomic E-state index is 12.2. The Morgan fingerprint density at radius 1 is 1.21 bits per heavy atom. The molecule has 0 aliphatic carbocycles. The Labute approximate surface area is 173 Å². The van der Waals surface area contributed by atoms with E-state index in [2.05, 4.69) is 16.4 Å². The number of thioether (sulfide) groups is 1. The van der Waals surface area contributed by atoms with Crippen LogP contribution in [0.1, 0.15) is 41.3 Å². The monoisotopic (exact) mass is 405 g/mol. The summed E-state index contributed by atoms with van der Waals surface area (Å²) < 4.78 is 5.18. The number of benzene rings is 2. The van der Waals surface area contributed by atoms with E-state index in [1.807, 2.05) is 6.92 Å². The van der Waals surface area contributed by atoms with Crippen LogP contribution >= 0.6 is 11.8 Å². The van der Waals surface area contributed by atoms with Crippen LogP contribution < -0.4 is 5.32 Å². The largest absolute Gasteiger partial charge is 0.462 e. The number of rotatable bonds is 6. The Bertz CT molecular complexity index is 1000. The van der Waals surface area contributed by atoms with E-state index in [1.54, 1.807) is 54.6 Å². The van der Waals surface area contributed by atoms with E-state index in [4.69, 9.17) is 10.00 Å². The summed E-state index contributed by atoms with van der Waals surface area (Å²) in [6, 6.07) is 15.8. The maximum Gasteiger partial charge on any atom is 0.338 e. The van der Waals surface area contributed by atoms with E-state index in [-0.39, 0.29) is 11.9 Å². The van der Waals surface area contributed by atoms with Gasteiger partial charge in [0, 0.05) is 0 Å². The molecule has 1 fully saturated rings. The summed E-state index contributed by atoms with van der Waals surface area (Å²) in [6.07, 6.45) is 3.56. The number of nitriles is 1. The van der Waals surface area contributed by atoms with Crippen molar-refractivity contribution >= 4 is 40.6 Å². The summed E-state index contributed by atoms with van der Waals surface area (Å²) in [7, 11) is 0. The zero-order valence-electron chi connectivity index (χ0n) is 15.8. The number of amides is 1. The Morgan fingerprint density at radius 3 is 2.59 bits per heavy atom. The minimum absolute atomic E-state index is 0.228. The van der Waals surface area contributed by atoms with Gasteiger partial charge in [0.05, 0.1) is 34.4 Å². The molecule has 146 valence electrons. The normalized spacial score (nSPS) is 15.9. The lowest BCUT2D eigenvalue weighted by Gasteiger charge is -2.04. The van der Waals surface area contributed by atoms with Gasteiger partial charge in [0.1, 0.15) is 0 Å². The average molecular weight is 405 g/mol. The molecule has 1 aliphatic heterocycles. The highest BCUT2D eigenvalue weighted by molar-refractivity contribution is 8.18. The number of carbonyl (C=O) groups is 2. The Kier molecular flexibility index (Phi) is 6.82. The fraction of sp³-hybridized carbons (Fsp3) is 0.182. The van der Waals surface area contributed by atoms with E-state index in [9.17, 15) is 9.59 Å². The van der Waals surface area contributed by atoms with Gasteiger partial charge in [-0.1, -0.05) is 25.5 Å². The number of hydrogen-bond acceptors (Lipinski definition) is 6. The molecule has 0 saturated carbocycles. The second-order valence-electron chi connectivity index (χ2n) is 6.25. The first-order valence-electron chi connectivity index (χ1n) is 9.16. The summed E-state index contributed by atoms with van der Waals surface area (Å²) in [5.41, 5.74) is 2.48. The molecule has 0 aromatic heterocycles. The summed E-state index contributed by atoms with van der Waals surface area (Å²) in [5.74, 6) is -0.580. The van der Waals surface area contributed by atoms with Crippen LogP contribution in [0, 0.1) is 11.3 Å². The number of nitrogens with one attached hydrogen (secondary N) is 1. The van der Waals surface area contributed by atoms with Gasteiger partial charge in [0.25, 0.3) is 5.91 Å². The van der Waals surface area contributed by atoms with Crippen LogP contribution in [0.4, 0.5) is 5.69 Å². The van der Waals surface area contributed by atoms with Crippen LogP contribution in [0.5, 0.6) is 0 Å². The van der Waals surface area contributed by atoms with E-state index in [1.165, 1.54) is 11.8 Å². The number of ether oxygens (including phenoxy) is 1. The minimum Gasteiger partial charge on any atom is -0.462 e. The highest BCUT2D eigenvalue weighted by Gasteiger charge is 2.23. The first kappa shape index (κ1) is 20.4. The van der Waals surface area contributed by atoms with Gasteiger partial charge in [-0.05, 0) is 66.2 Å². The van der Waals surface area contributed by atoms with Crippen molar-refractivity contribution in [3.05, 3.63) is 70.1 Å². The number of aliphatic imine (C=N–C) groups is 1. The van der Waals surface area contributed by atoms with Crippen molar-refractivity contribution in [1.29, 1.82) is 5.26 Å². The Morgan fingerprint density at radius 2 is 1.93 bits per heavy atom. The lowest BCUT2D eigenvalue weighted by atomic mass is 10.1. The second-order valence-corrected chi connectivity index (χ2v) is 7.28. The van der Waals surface area contributed by atoms with E-state index >= 15 is 0 Å². The Hall–Kier alpha value is -3.37. The van der Waals surface area contributed by atoms with Gasteiger partial charge >= 0.3 is 5.97 Å². The number of carbonyl (C=O) groups excluding carboxylic acids is 2. The van der Waals surface area contributed by atoms with Gasteiger partial charge in [-0.25, -0.2) is 9.79 Å². The summed E-state index contributed by atoms with van der Waals surface area (Å²) in [5, 5.41) is 12.0. The fourth-order valence-corrected chi connectivity index (χ4v) is 3.31. The first-order chi connectivity index (χ1) is 14.1. The zero-order chi connectivity index (χ0) is 20.6. The van der Waals surface area contributed by atoms with Crippen molar-refractivity contribution in [2.75, 3.05) is 6.61 Å². The molecule has 0 unspecified atom stereocenters. The van der Waals surface area contributed by atoms with Gasteiger partial charge in [-0.15, -0.1) is 0 Å². The van der Waals surface area contributed by atoms with Gasteiger partial charge in [0.2, 0.25) is 0 Å². The van der Waals surface area contributed by atoms with Crippen LogP contribution in [0.3, 0.4) is 0 Å². The topological polar surface area (TPSA) is 91.5 Å². The van der Waals surface area contributed by atoms with Crippen LogP contribution in [-0.2, 0) is 9.53 Å². The van der Waals surface area contributed by atoms with Gasteiger partial charge in [-0.3, -0.25) is 4.79 Å². The van der Waals surface area contributed by atoms with Crippen molar-refractivity contribution in [3.8, 4) is 6.07 Å². The van der Waals surface area contributed by atoms with E-state index in [0.717, 1.165) is 18.4 Å². The van der Waals surface area contributed by atoms with Crippen molar-refractivity contribution in [2.45, 2.75) is 19.8 Å². The lowest BCUT2D eigenvalue weighted by molar-refractivity contribution is -0.115. The van der Waals surface area contributed by atoms with Gasteiger partial charge < -0.3 is 10.1 Å². The molecular formula is C22H19N3O3S. The molecule has 6 nitrogen and oxygen atoms in total. The average Bonchev–Trinajstić information content (AvgIpc) is 3.07. The molecule has 0 bridgehead atoms. The first-order valence-corrected chi connectivity index (χ1v) is 9.97. The predicted octanol–water partition coefficient (Wildman–Crippen LogP) is 4.41. The number of amidine groups is 1. The van der Waals surface area contributed by atoms with Crippen molar-refractivity contribution in [1.82, 2.24) is 5.32 Å². The van der Waals surface area contributed by atoms with Crippen LogP contribution in [0.25, 0.3) is 6.08 Å². The third-order valence-electron chi connectivity index (χ3n) is 4.05. The summed E-state index contributed by atoms with van der Waals surface area (Å²) in [6.45, 7) is 2.45. The quantitative estimate of drug-likeness (QED) is 0.437. The molecule has 29 heavy (non-hydrogen) atoms. The smallest absolute Gasteiger partial charge is 0.338 e. The third kappa shape index (κ3) is 5.56. The number of hydrogen-bond donors (Lipinski definition) is 1. The molecule has 3 rings (SSSR count). The molecule has 1 amide bonds. The summed E-state index contributed by atoms with van der Waals surface area (Å²) in [4.78, 5) is 29.0.